The molecule has 0 fully saturated rings. The Balaban J connectivity index is 1.55. The second kappa shape index (κ2) is 7.01. The number of carbonyl (C=O) groups excluding carboxylic acids is 1. The number of amides is 2. The number of furan rings is 1. The van der Waals surface area contributed by atoms with Crippen LogP contribution >= 0.6 is 0 Å². The van der Waals surface area contributed by atoms with Crippen molar-refractivity contribution in [1.29, 1.82) is 4.78 Å². The van der Waals surface area contributed by atoms with Crippen LogP contribution in [-0.4, -0.2) is 17.3 Å². The van der Waals surface area contributed by atoms with E-state index in [4.69, 9.17) is 9.20 Å². The molecule has 27 heavy (non-hydrogen) atoms. The molecule has 7 nitrogen and oxygen atoms in total. The van der Waals surface area contributed by atoms with Crippen LogP contribution in [0.2, 0.25) is 0 Å². The molecule has 2 aliphatic rings. The molecule has 0 saturated carbocycles. The summed E-state index contributed by atoms with van der Waals surface area (Å²) >= 11 is 0. The van der Waals surface area contributed by atoms with Crippen LogP contribution in [0.25, 0.3) is 0 Å². The number of nitrogens with one attached hydrogen (secondary N) is 4. The van der Waals surface area contributed by atoms with E-state index in [9.17, 15) is 9.00 Å². The van der Waals surface area contributed by atoms with Crippen LogP contribution in [-0.2, 0) is 42.1 Å². The Kier molecular flexibility index (Phi) is 4.69. The lowest BCUT2D eigenvalue weighted by Gasteiger charge is -2.16. The van der Waals surface area contributed by atoms with Crippen LogP contribution in [0.4, 0.5) is 10.5 Å². The maximum atomic E-state index is 12.7. The molecule has 0 radical (unpaired) electrons. The first-order valence-electron chi connectivity index (χ1n) is 9.24. The van der Waals surface area contributed by atoms with Crippen molar-refractivity contribution in [2.24, 2.45) is 0 Å². The van der Waals surface area contributed by atoms with Crippen molar-refractivity contribution in [2.45, 2.75) is 50.2 Å². The largest absolute Gasteiger partial charge is 0.452 e. The Morgan fingerprint density at radius 3 is 2.44 bits per heavy atom. The zero-order chi connectivity index (χ0) is 19.0. The fourth-order valence-corrected chi connectivity index (χ4v) is 5.00. The van der Waals surface area contributed by atoms with Gasteiger partial charge >= 0.3 is 6.03 Å². The van der Waals surface area contributed by atoms with Gasteiger partial charge in [-0.05, 0) is 67.8 Å². The van der Waals surface area contributed by atoms with Crippen LogP contribution in [0, 0.1) is 4.78 Å². The van der Waals surface area contributed by atoms with Crippen molar-refractivity contribution >= 4 is 21.6 Å². The van der Waals surface area contributed by atoms with Crippen LogP contribution in [0.3, 0.4) is 0 Å². The van der Waals surface area contributed by atoms with Gasteiger partial charge < -0.3 is 15.1 Å². The molecule has 1 aromatic heterocycles. The lowest BCUT2D eigenvalue weighted by atomic mass is 9.99. The highest BCUT2D eigenvalue weighted by Gasteiger charge is 2.26. The zero-order valence-corrected chi connectivity index (χ0v) is 16.1. The van der Waals surface area contributed by atoms with Crippen LogP contribution in [0.15, 0.2) is 27.9 Å². The maximum absolute atomic E-state index is 12.7. The second-order valence-corrected chi connectivity index (χ2v) is 8.87. The Morgan fingerprint density at radius 2 is 1.81 bits per heavy atom. The molecule has 4 rings (SSSR count). The Hall–Kier alpha value is -2.32. The van der Waals surface area contributed by atoms with Gasteiger partial charge in [-0.1, -0.05) is 6.07 Å². The normalized spacial score (nSPS) is 17.2. The molecule has 144 valence electrons. The van der Waals surface area contributed by atoms with Crippen molar-refractivity contribution in [3.63, 3.8) is 0 Å². The first-order valence-corrected chi connectivity index (χ1v) is 10.8. The molecule has 2 amide bonds. The smallest absolute Gasteiger partial charge is 0.332 e. The lowest BCUT2D eigenvalue weighted by Crippen LogP contribution is -2.34. The standard InChI is InChI=1S/C19H24N4O3S/c1-21-10-12-8-17(26-11-12)27(20,25)23-19(24)22-18-15-6-2-4-13(15)9-14-5-3-7-16(14)18/h8-9,11,21H,2-7,10H2,1H3,(H3,20,22,23,24,25). The van der Waals surface area contributed by atoms with E-state index in [0.29, 0.717) is 6.54 Å². The number of carbonyl (C=O) groups is 1. The Labute approximate surface area is 159 Å². The summed E-state index contributed by atoms with van der Waals surface area (Å²) in [5, 5.41) is 5.80. The lowest BCUT2D eigenvalue weighted by molar-refractivity contribution is 0.256. The average Bonchev–Trinajstić information content (AvgIpc) is 3.34. The summed E-state index contributed by atoms with van der Waals surface area (Å²) in [6, 6.07) is 3.19. The predicted molar refractivity (Wildman–Crippen MR) is 103 cm³/mol. The van der Waals surface area contributed by atoms with Crippen molar-refractivity contribution in [2.75, 3.05) is 12.4 Å². The van der Waals surface area contributed by atoms with E-state index >= 15 is 0 Å². The van der Waals surface area contributed by atoms with Gasteiger partial charge in [0.05, 0.1) is 6.26 Å². The van der Waals surface area contributed by atoms with E-state index in [1.807, 2.05) is 0 Å². The van der Waals surface area contributed by atoms with Gasteiger partial charge in [0.15, 0.2) is 9.92 Å². The third-order valence-corrected chi connectivity index (χ3v) is 6.50. The summed E-state index contributed by atoms with van der Waals surface area (Å²) in [7, 11) is -1.78. The fraction of sp³-hybridized carbons (Fsp3) is 0.421. The van der Waals surface area contributed by atoms with E-state index < -0.39 is 15.9 Å². The average molecular weight is 388 g/mol. The van der Waals surface area contributed by atoms with E-state index in [0.717, 1.165) is 49.8 Å². The van der Waals surface area contributed by atoms with Crippen LogP contribution in [0.5, 0.6) is 0 Å². The number of benzene rings is 1. The van der Waals surface area contributed by atoms with Crippen molar-refractivity contribution in [1.82, 2.24) is 10.0 Å². The highest BCUT2D eigenvalue weighted by Crippen LogP contribution is 2.38. The molecule has 1 unspecified atom stereocenters. The fourth-order valence-electron chi connectivity index (χ4n) is 4.09. The van der Waals surface area contributed by atoms with Gasteiger partial charge in [-0.15, -0.1) is 0 Å². The van der Waals surface area contributed by atoms with Gasteiger partial charge in [0, 0.05) is 23.9 Å². The molecule has 8 heteroatoms. The number of urea groups is 1. The molecule has 2 aromatic rings. The molecule has 0 spiro atoms. The number of fused-ring (bicyclic) bond motifs is 2. The third-order valence-electron chi connectivity index (χ3n) is 5.24. The monoisotopic (exact) mass is 388 g/mol. The summed E-state index contributed by atoms with van der Waals surface area (Å²) in [5.41, 5.74) is 6.63. The van der Waals surface area contributed by atoms with Gasteiger partial charge in [0.1, 0.15) is 0 Å². The second-order valence-electron chi connectivity index (χ2n) is 7.15. The summed E-state index contributed by atoms with van der Waals surface area (Å²) in [5.74, 6) is 0. The van der Waals surface area contributed by atoms with E-state index in [-0.39, 0.29) is 5.09 Å². The highest BCUT2D eigenvalue weighted by molar-refractivity contribution is 7.91. The van der Waals surface area contributed by atoms with E-state index in [2.05, 4.69) is 21.4 Å². The maximum Gasteiger partial charge on any atom is 0.332 e. The number of aryl methyl sites for hydroxylation is 2. The van der Waals surface area contributed by atoms with Gasteiger partial charge in [-0.25, -0.2) is 18.5 Å². The van der Waals surface area contributed by atoms with Crippen LogP contribution in [0.1, 0.15) is 40.7 Å². The van der Waals surface area contributed by atoms with Crippen molar-refractivity contribution < 1.29 is 13.4 Å². The Morgan fingerprint density at radius 1 is 1.15 bits per heavy atom. The number of anilines is 1. The minimum Gasteiger partial charge on any atom is -0.452 e. The molecule has 0 bridgehead atoms. The van der Waals surface area contributed by atoms with Crippen molar-refractivity contribution in [3.8, 4) is 0 Å². The first-order chi connectivity index (χ1) is 13.0. The van der Waals surface area contributed by atoms with Crippen molar-refractivity contribution in [3.05, 3.63) is 46.2 Å². The topological polar surface area (TPSA) is 107 Å². The molecular weight excluding hydrogens is 364 g/mol. The molecule has 0 aliphatic heterocycles. The molecular formula is C19H24N4O3S. The minimum atomic E-state index is -3.56. The first kappa shape index (κ1) is 18.1. The number of hydrogen-bond acceptors (Lipinski definition) is 5. The zero-order valence-electron chi connectivity index (χ0n) is 15.3. The molecule has 2 aliphatic carbocycles. The van der Waals surface area contributed by atoms with E-state index in [1.165, 1.54) is 34.6 Å². The molecule has 1 atom stereocenters. The summed E-state index contributed by atoms with van der Waals surface area (Å²) in [4.78, 5) is 12.6. The highest BCUT2D eigenvalue weighted by atomic mass is 32.2. The molecule has 4 N–H and O–H groups in total. The summed E-state index contributed by atoms with van der Waals surface area (Å²) in [6.07, 6.45) is 7.58. The van der Waals surface area contributed by atoms with Gasteiger partial charge in [0.25, 0.3) is 0 Å². The summed E-state index contributed by atoms with van der Waals surface area (Å²) < 4.78 is 28.2. The molecule has 1 aromatic carbocycles. The van der Waals surface area contributed by atoms with Gasteiger partial charge in [0.2, 0.25) is 5.09 Å². The van der Waals surface area contributed by atoms with Gasteiger partial charge in [-0.2, -0.15) is 0 Å². The van der Waals surface area contributed by atoms with Crippen LogP contribution < -0.4 is 15.4 Å². The minimum absolute atomic E-state index is 0.0496. The summed E-state index contributed by atoms with van der Waals surface area (Å²) in [6.45, 7) is 0.535. The third kappa shape index (κ3) is 3.46. The Bertz CT molecular complexity index is 962. The SMILES string of the molecule is CNCc1coc(S(=N)(=O)NC(=O)Nc2c3c(cc4c2CCC4)CCC3)c1. The van der Waals surface area contributed by atoms with E-state index in [1.54, 1.807) is 7.05 Å². The number of hydrogen-bond donors (Lipinski definition) is 4. The molecule has 0 saturated heterocycles. The predicted octanol–water partition coefficient (Wildman–Crippen LogP) is 3.12. The van der Waals surface area contributed by atoms with Gasteiger partial charge in [-0.3, -0.25) is 0 Å². The number of rotatable bonds is 5. The quantitative estimate of drug-likeness (QED) is 0.631. The molecule has 1 heterocycles.